The Morgan fingerprint density at radius 2 is 2.10 bits per heavy atom. The number of alkyl carbamates (subject to hydrolysis) is 1. The molecule has 0 radical (unpaired) electrons. The fourth-order valence-corrected chi connectivity index (χ4v) is 5.24. The van der Waals surface area contributed by atoms with Crippen LogP contribution < -0.4 is 5.32 Å². The number of rotatable bonds is 5. The molecule has 2 aliphatic rings. The Balaban J connectivity index is 1.72. The molecule has 1 aromatic rings. The molecule has 2 heterocycles. The molecule has 1 unspecified atom stereocenters. The van der Waals surface area contributed by atoms with Gasteiger partial charge in [-0.3, -0.25) is 4.79 Å². The third-order valence-electron chi connectivity index (χ3n) is 5.57. The van der Waals surface area contributed by atoms with Crippen LogP contribution >= 0.6 is 11.8 Å². The second-order valence-corrected chi connectivity index (χ2v) is 10.5. The van der Waals surface area contributed by atoms with Gasteiger partial charge in [-0.2, -0.15) is 11.8 Å². The van der Waals surface area contributed by atoms with E-state index < -0.39 is 17.8 Å². The van der Waals surface area contributed by atoms with E-state index in [0.29, 0.717) is 19.6 Å². The van der Waals surface area contributed by atoms with Crippen LogP contribution in [-0.2, 0) is 20.7 Å². The summed E-state index contributed by atoms with van der Waals surface area (Å²) in [5.74, 6) is 0.857. The number of hydrogen-bond donors (Lipinski definition) is 1. The van der Waals surface area contributed by atoms with Crippen LogP contribution in [0.15, 0.2) is 36.9 Å². The Hall–Kier alpha value is -1.99. The standard InChI is InChI=1S/C24H34N2O4S/c1-6-19-17-11-9-8-10-16(17)12-13-26(19)22(27)20-14-18(21(15-29-20)31-7-2)25-23(28)30-24(3,4)5/h6,8-11,18-21H,1,7,12-15H2,2-5H3,(H,25,28)/t18-,19-,20+,21?/m0/s1. The van der Waals surface area contributed by atoms with Gasteiger partial charge in [-0.15, -0.1) is 6.58 Å². The van der Waals surface area contributed by atoms with Crippen LogP contribution in [0.25, 0.3) is 0 Å². The van der Waals surface area contributed by atoms with E-state index in [1.165, 1.54) is 5.56 Å². The maximum absolute atomic E-state index is 13.5. The summed E-state index contributed by atoms with van der Waals surface area (Å²) in [6.07, 6.45) is 2.01. The van der Waals surface area contributed by atoms with E-state index in [-0.39, 0.29) is 23.2 Å². The molecule has 7 heteroatoms. The number of benzene rings is 1. The predicted octanol–water partition coefficient (Wildman–Crippen LogP) is 4.10. The van der Waals surface area contributed by atoms with Gasteiger partial charge in [0.25, 0.3) is 5.91 Å². The zero-order valence-electron chi connectivity index (χ0n) is 18.9. The highest BCUT2D eigenvalue weighted by Gasteiger charge is 2.40. The molecule has 170 valence electrons. The monoisotopic (exact) mass is 446 g/mol. The fourth-order valence-electron chi connectivity index (χ4n) is 4.22. The lowest BCUT2D eigenvalue weighted by molar-refractivity contribution is -0.149. The molecule has 0 bridgehead atoms. The number of carbonyl (C=O) groups excluding carboxylic acids is 2. The van der Waals surface area contributed by atoms with Crippen LogP contribution in [0.2, 0.25) is 0 Å². The minimum Gasteiger partial charge on any atom is -0.444 e. The van der Waals surface area contributed by atoms with Crippen molar-refractivity contribution in [3.05, 3.63) is 48.0 Å². The van der Waals surface area contributed by atoms with Crippen molar-refractivity contribution in [2.75, 3.05) is 18.9 Å². The summed E-state index contributed by atoms with van der Waals surface area (Å²) in [5.41, 5.74) is 1.80. The topological polar surface area (TPSA) is 67.9 Å². The zero-order chi connectivity index (χ0) is 22.6. The van der Waals surface area contributed by atoms with Gasteiger partial charge in [0.1, 0.15) is 11.7 Å². The van der Waals surface area contributed by atoms with Crippen LogP contribution in [0.3, 0.4) is 0 Å². The minimum atomic E-state index is -0.596. The maximum Gasteiger partial charge on any atom is 0.407 e. The van der Waals surface area contributed by atoms with Crippen LogP contribution in [0.5, 0.6) is 0 Å². The summed E-state index contributed by atoms with van der Waals surface area (Å²) in [5, 5.41) is 3.07. The number of ether oxygens (including phenoxy) is 2. The number of nitrogens with zero attached hydrogens (tertiary/aromatic N) is 1. The van der Waals surface area contributed by atoms with E-state index >= 15 is 0 Å². The average Bonchev–Trinajstić information content (AvgIpc) is 2.72. The first-order valence-corrected chi connectivity index (χ1v) is 12.0. The SMILES string of the molecule is C=C[C@H]1c2ccccc2CCN1C(=O)[C@H]1C[C@H](NC(=O)OC(C)(C)C)C(SCC)CO1. The second kappa shape index (κ2) is 10.1. The smallest absolute Gasteiger partial charge is 0.407 e. The number of fused-ring (bicyclic) bond motifs is 1. The van der Waals surface area contributed by atoms with Crippen molar-refractivity contribution in [2.24, 2.45) is 0 Å². The van der Waals surface area contributed by atoms with Crippen molar-refractivity contribution in [1.29, 1.82) is 0 Å². The van der Waals surface area contributed by atoms with E-state index in [1.807, 2.05) is 43.9 Å². The summed E-state index contributed by atoms with van der Waals surface area (Å²) in [6, 6.07) is 7.83. The Labute approximate surface area is 189 Å². The molecular weight excluding hydrogens is 412 g/mol. The summed E-state index contributed by atoms with van der Waals surface area (Å²) in [4.78, 5) is 27.7. The van der Waals surface area contributed by atoms with Gasteiger partial charge < -0.3 is 19.7 Å². The maximum atomic E-state index is 13.5. The van der Waals surface area contributed by atoms with Gasteiger partial charge in [-0.25, -0.2) is 4.79 Å². The first-order valence-electron chi connectivity index (χ1n) is 11.0. The normalized spacial score (nSPS) is 26.0. The van der Waals surface area contributed by atoms with Crippen LogP contribution in [-0.4, -0.2) is 58.8 Å². The van der Waals surface area contributed by atoms with Gasteiger partial charge in [-0.1, -0.05) is 37.3 Å². The van der Waals surface area contributed by atoms with Gasteiger partial charge in [0, 0.05) is 24.3 Å². The van der Waals surface area contributed by atoms with Crippen molar-refractivity contribution < 1.29 is 19.1 Å². The van der Waals surface area contributed by atoms with Crippen molar-refractivity contribution >= 4 is 23.8 Å². The van der Waals surface area contributed by atoms with Crippen molar-refractivity contribution in [3.63, 3.8) is 0 Å². The molecule has 1 fully saturated rings. The van der Waals surface area contributed by atoms with Crippen molar-refractivity contribution in [3.8, 4) is 0 Å². The highest BCUT2D eigenvalue weighted by Crippen LogP contribution is 2.33. The van der Waals surface area contributed by atoms with Crippen molar-refractivity contribution in [2.45, 2.75) is 69.6 Å². The van der Waals surface area contributed by atoms with Gasteiger partial charge in [0.15, 0.2) is 0 Å². The fraction of sp³-hybridized carbons (Fsp3) is 0.583. The Morgan fingerprint density at radius 1 is 1.35 bits per heavy atom. The predicted molar refractivity (Wildman–Crippen MR) is 124 cm³/mol. The molecule has 1 aromatic carbocycles. The zero-order valence-corrected chi connectivity index (χ0v) is 19.7. The Bertz CT molecular complexity index is 807. The molecule has 0 aromatic heterocycles. The second-order valence-electron chi connectivity index (χ2n) is 8.97. The molecular formula is C24H34N2O4S. The van der Waals surface area contributed by atoms with Gasteiger partial charge >= 0.3 is 6.09 Å². The van der Waals surface area contributed by atoms with E-state index in [9.17, 15) is 9.59 Å². The Morgan fingerprint density at radius 3 is 2.77 bits per heavy atom. The lowest BCUT2D eigenvalue weighted by Gasteiger charge is -2.41. The van der Waals surface area contributed by atoms with Crippen LogP contribution in [0.1, 0.15) is 51.3 Å². The number of thioether (sulfide) groups is 1. The van der Waals surface area contributed by atoms with Crippen molar-refractivity contribution in [1.82, 2.24) is 10.2 Å². The van der Waals surface area contributed by atoms with E-state index in [4.69, 9.17) is 9.47 Å². The van der Waals surface area contributed by atoms with Gasteiger partial charge in [0.05, 0.1) is 12.6 Å². The molecule has 0 spiro atoms. The molecule has 4 atom stereocenters. The van der Waals surface area contributed by atoms with Gasteiger partial charge in [-0.05, 0) is 44.1 Å². The summed E-state index contributed by atoms with van der Waals surface area (Å²) < 4.78 is 11.5. The quantitative estimate of drug-likeness (QED) is 0.690. The summed E-state index contributed by atoms with van der Waals surface area (Å²) >= 11 is 1.73. The third kappa shape index (κ3) is 5.83. The largest absolute Gasteiger partial charge is 0.444 e. The molecule has 31 heavy (non-hydrogen) atoms. The Kier molecular flexibility index (Phi) is 7.70. The first kappa shape index (κ1) is 23.7. The number of hydrogen-bond acceptors (Lipinski definition) is 5. The molecule has 0 aliphatic carbocycles. The lowest BCUT2D eigenvalue weighted by Crippen LogP contribution is -2.55. The molecule has 2 amide bonds. The molecule has 6 nitrogen and oxygen atoms in total. The number of amides is 2. The van der Waals surface area contributed by atoms with E-state index in [2.05, 4.69) is 31.0 Å². The minimum absolute atomic E-state index is 0.0460. The molecule has 3 rings (SSSR count). The van der Waals surface area contributed by atoms with Crippen LogP contribution in [0, 0.1) is 0 Å². The summed E-state index contributed by atoms with van der Waals surface area (Å²) in [6.45, 7) is 12.6. The van der Waals surface area contributed by atoms with Gasteiger partial charge in [0.2, 0.25) is 0 Å². The van der Waals surface area contributed by atoms with E-state index in [1.54, 1.807) is 11.8 Å². The van der Waals surface area contributed by atoms with E-state index in [0.717, 1.165) is 17.7 Å². The number of nitrogens with one attached hydrogen (secondary N) is 1. The molecule has 1 saturated heterocycles. The number of carbonyl (C=O) groups is 2. The highest BCUT2D eigenvalue weighted by atomic mass is 32.2. The molecule has 0 saturated carbocycles. The molecule has 2 aliphatic heterocycles. The molecule has 1 N–H and O–H groups in total. The summed E-state index contributed by atoms with van der Waals surface area (Å²) in [7, 11) is 0. The third-order valence-corrected chi connectivity index (χ3v) is 6.80. The highest BCUT2D eigenvalue weighted by molar-refractivity contribution is 7.99. The average molecular weight is 447 g/mol. The first-order chi connectivity index (χ1) is 14.7. The lowest BCUT2D eigenvalue weighted by atomic mass is 9.91. The van der Waals surface area contributed by atoms with Crippen LogP contribution in [0.4, 0.5) is 4.79 Å².